The van der Waals surface area contributed by atoms with E-state index in [0.717, 1.165) is 15.6 Å². The van der Waals surface area contributed by atoms with E-state index in [1.807, 2.05) is 48.5 Å². The molecule has 7 heteroatoms. The normalized spacial score (nSPS) is 15.7. The number of benzene rings is 2. The van der Waals surface area contributed by atoms with Gasteiger partial charge in [0.25, 0.3) is 11.8 Å². The summed E-state index contributed by atoms with van der Waals surface area (Å²) in [6, 6.07) is 18.7. The van der Waals surface area contributed by atoms with Crippen LogP contribution in [0.15, 0.2) is 75.1 Å². The molecule has 1 aliphatic rings. The summed E-state index contributed by atoms with van der Waals surface area (Å²) in [6.07, 6.45) is 1.44. The average molecular weight is 495 g/mol. The molecule has 0 bridgehead atoms. The molecule has 5 nitrogen and oxygen atoms in total. The first-order valence-electron chi connectivity index (χ1n) is 9.70. The average Bonchev–Trinajstić information content (AvgIpc) is 3.20. The first kappa shape index (κ1) is 21.2. The lowest BCUT2D eigenvalue weighted by molar-refractivity contribution is -0.122. The van der Waals surface area contributed by atoms with Gasteiger partial charge in [0.2, 0.25) is 0 Å². The maximum absolute atomic E-state index is 13.1. The molecule has 1 aliphatic heterocycles. The number of rotatable bonds is 4. The topological polar surface area (TPSA) is 62.6 Å². The number of hydrogen-bond donors (Lipinski definition) is 1. The summed E-state index contributed by atoms with van der Waals surface area (Å²) in [5.74, 6) is 0.366. The number of anilines is 1. The maximum atomic E-state index is 13.1. The Morgan fingerprint density at radius 1 is 1.00 bits per heavy atom. The largest absolute Gasteiger partial charge is 0.457 e. The highest BCUT2D eigenvalue weighted by molar-refractivity contribution is 9.10. The van der Waals surface area contributed by atoms with Crippen molar-refractivity contribution in [2.24, 2.45) is 0 Å². The van der Waals surface area contributed by atoms with Gasteiger partial charge in [-0.05, 0) is 66.2 Å². The van der Waals surface area contributed by atoms with E-state index in [4.69, 9.17) is 16.6 Å². The second-order valence-corrected chi connectivity index (χ2v) is 8.72. The maximum Gasteiger partial charge on any atom is 0.270 e. The Bertz CT molecular complexity index is 1190. The number of carbonyl (C=O) groups is 2. The van der Waals surface area contributed by atoms with Crippen molar-refractivity contribution in [3.05, 3.63) is 82.0 Å². The molecule has 0 aliphatic carbocycles. The van der Waals surface area contributed by atoms with Crippen LogP contribution >= 0.6 is 28.1 Å². The molecule has 31 heavy (non-hydrogen) atoms. The van der Waals surface area contributed by atoms with Crippen LogP contribution < -0.4 is 10.2 Å². The fourth-order valence-corrected chi connectivity index (χ4v) is 3.79. The van der Waals surface area contributed by atoms with Crippen LogP contribution in [-0.2, 0) is 9.59 Å². The third kappa shape index (κ3) is 4.38. The molecular formula is C24H19BrN2O3S. The number of nitrogens with one attached hydrogen (secondary N) is 1. The highest BCUT2D eigenvalue weighted by atomic mass is 79.9. The van der Waals surface area contributed by atoms with E-state index in [1.54, 1.807) is 12.1 Å². The van der Waals surface area contributed by atoms with Crippen LogP contribution in [0.3, 0.4) is 0 Å². The number of hydrogen-bond acceptors (Lipinski definition) is 4. The minimum absolute atomic E-state index is 0.0433. The fourth-order valence-electron chi connectivity index (χ4n) is 3.24. The molecule has 156 valence electrons. The number of nitrogens with zero attached hydrogens (tertiary/aromatic N) is 1. The van der Waals surface area contributed by atoms with E-state index in [2.05, 4.69) is 35.1 Å². The zero-order valence-corrected chi connectivity index (χ0v) is 19.3. The van der Waals surface area contributed by atoms with E-state index in [9.17, 15) is 9.59 Å². The van der Waals surface area contributed by atoms with E-state index in [1.165, 1.54) is 11.0 Å². The van der Waals surface area contributed by atoms with Gasteiger partial charge in [-0.1, -0.05) is 54.0 Å². The minimum atomic E-state index is -0.549. The van der Waals surface area contributed by atoms with Crippen LogP contribution in [0.25, 0.3) is 17.4 Å². The monoisotopic (exact) mass is 494 g/mol. The third-order valence-corrected chi connectivity index (χ3v) is 5.78. The van der Waals surface area contributed by atoms with Crippen LogP contribution in [0.4, 0.5) is 5.69 Å². The van der Waals surface area contributed by atoms with Gasteiger partial charge >= 0.3 is 0 Å². The predicted molar refractivity (Wildman–Crippen MR) is 129 cm³/mol. The highest BCUT2D eigenvalue weighted by Crippen LogP contribution is 2.27. The van der Waals surface area contributed by atoms with Gasteiger partial charge in [0.05, 0.1) is 5.69 Å². The lowest BCUT2D eigenvalue weighted by Gasteiger charge is -2.29. The van der Waals surface area contributed by atoms with Crippen molar-refractivity contribution in [2.45, 2.75) is 19.8 Å². The van der Waals surface area contributed by atoms with Crippen molar-refractivity contribution in [3.63, 3.8) is 0 Å². The quantitative estimate of drug-likeness (QED) is 0.288. The summed E-state index contributed by atoms with van der Waals surface area (Å²) in [6.45, 7) is 4.19. The molecule has 1 aromatic heterocycles. The van der Waals surface area contributed by atoms with Gasteiger partial charge in [-0.25, -0.2) is 0 Å². The molecular weight excluding hydrogens is 476 g/mol. The number of halogens is 1. The van der Waals surface area contributed by atoms with Crippen molar-refractivity contribution in [1.82, 2.24) is 5.32 Å². The Morgan fingerprint density at radius 2 is 1.68 bits per heavy atom. The summed E-state index contributed by atoms with van der Waals surface area (Å²) in [7, 11) is 0. The van der Waals surface area contributed by atoms with Crippen molar-refractivity contribution in [1.29, 1.82) is 0 Å². The van der Waals surface area contributed by atoms with E-state index >= 15 is 0 Å². The number of carbonyl (C=O) groups excluding carboxylic acids is 2. The molecule has 1 saturated heterocycles. The van der Waals surface area contributed by atoms with Crippen LogP contribution in [0.5, 0.6) is 0 Å². The SMILES string of the molecule is CC(C)c1ccc(N2C(=O)/C(=C\c3ccc(-c4ccc(Br)cc4)o3)C(=O)NC2=S)cc1. The zero-order chi connectivity index (χ0) is 22.1. The Morgan fingerprint density at radius 3 is 2.32 bits per heavy atom. The lowest BCUT2D eigenvalue weighted by atomic mass is 10.0. The molecule has 0 spiro atoms. The Labute approximate surface area is 193 Å². The van der Waals surface area contributed by atoms with Gasteiger partial charge in [0, 0.05) is 10.0 Å². The minimum Gasteiger partial charge on any atom is -0.457 e. The van der Waals surface area contributed by atoms with Crippen molar-refractivity contribution in [3.8, 4) is 11.3 Å². The molecule has 1 N–H and O–H groups in total. The smallest absolute Gasteiger partial charge is 0.270 e. The van der Waals surface area contributed by atoms with Crippen LogP contribution in [-0.4, -0.2) is 16.9 Å². The molecule has 4 rings (SSSR count). The first-order chi connectivity index (χ1) is 14.8. The molecule has 2 aromatic carbocycles. The number of amides is 2. The fraction of sp³-hybridized carbons (Fsp3) is 0.125. The molecule has 1 fully saturated rings. The highest BCUT2D eigenvalue weighted by Gasteiger charge is 2.34. The Kier molecular flexibility index (Phi) is 5.89. The van der Waals surface area contributed by atoms with Crippen molar-refractivity contribution >= 4 is 56.8 Å². The van der Waals surface area contributed by atoms with Gasteiger partial charge < -0.3 is 4.42 Å². The molecule has 2 heterocycles. The summed E-state index contributed by atoms with van der Waals surface area (Å²) in [5.41, 5.74) is 2.59. The Balaban J connectivity index is 1.64. The predicted octanol–water partition coefficient (Wildman–Crippen LogP) is 5.66. The van der Waals surface area contributed by atoms with E-state index in [0.29, 0.717) is 23.1 Å². The molecule has 0 atom stereocenters. The standard InChI is InChI=1S/C24H19BrN2O3S/c1-14(2)15-5-9-18(10-6-15)27-23(29)20(22(28)26-24(27)31)13-19-11-12-21(30-19)16-3-7-17(25)8-4-16/h3-14H,1-2H3,(H,26,28,31)/b20-13-. The molecule has 0 unspecified atom stereocenters. The van der Waals surface area contributed by atoms with Crippen LogP contribution in [0.2, 0.25) is 0 Å². The van der Waals surface area contributed by atoms with Gasteiger partial charge in [0.1, 0.15) is 17.1 Å². The third-order valence-electron chi connectivity index (χ3n) is 4.96. The first-order valence-corrected chi connectivity index (χ1v) is 10.9. The number of thiocarbonyl (C=S) groups is 1. The second kappa shape index (κ2) is 8.61. The van der Waals surface area contributed by atoms with Crippen molar-refractivity contribution < 1.29 is 14.0 Å². The van der Waals surface area contributed by atoms with Gasteiger partial charge in [-0.15, -0.1) is 0 Å². The summed E-state index contributed by atoms with van der Waals surface area (Å²) in [4.78, 5) is 27.0. The molecule has 3 aromatic rings. The van der Waals surface area contributed by atoms with Crippen LogP contribution in [0, 0.1) is 0 Å². The summed E-state index contributed by atoms with van der Waals surface area (Å²) >= 11 is 8.67. The lowest BCUT2D eigenvalue weighted by Crippen LogP contribution is -2.54. The Hall–Kier alpha value is -3.03. The van der Waals surface area contributed by atoms with Crippen LogP contribution in [0.1, 0.15) is 31.1 Å². The molecule has 2 amide bonds. The zero-order valence-electron chi connectivity index (χ0n) is 16.9. The molecule has 0 saturated carbocycles. The van der Waals surface area contributed by atoms with Crippen molar-refractivity contribution in [2.75, 3.05) is 4.90 Å². The molecule has 0 radical (unpaired) electrons. The van der Waals surface area contributed by atoms with Gasteiger partial charge in [-0.3, -0.25) is 19.8 Å². The number of furan rings is 1. The summed E-state index contributed by atoms with van der Waals surface area (Å²) in [5, 5.41) is 2.65. The van der Waals surface area contributed by atoms with E-state index in [-0.39, 0.29) is 10.7 Å². The summed E-state index contributed by atoms with van der Waals surface area (Å²) < 4.78 is 6.81. The van der Waals surface area contributed by atoms with Gasteiger partial charge in [0.15, 0.2) is 5.11 Å². The van der Waals surface area contributed by atoms with E-state index < -0.39 is 11.8 Å². The second-order valence-electron chi connectivity index (χ2n) is 7.41. The van der Waals surface area contributed by atoms with Gasteiger partial charge in [-0.2, -0.15) is 0 Å².